The molecule has 0 aliphatic carbocycles. The zero-order valence-electron chi connectivity index (χ0n) is 11.6. The fraction of sp³-hybridized carbons (Fsp3) is 0.500. The summed E-state index contributed by atoms with van der Waals surface area (Å²) in [7, 11) is 0. The van der Waals surface area contributed by atoms with Gasteiger partial charge in [-0.3, -0.25) is 0 Å². The summed E-state index contributed by atoms with van der Waals surface area (Å²) in [5, 5.41) is 13.2. The van der Waals surface area contributed by atoms with Gasteiger partial charge >= 0.3 is 6.09 Å². The van der Waals surface area contributed by atoms with E-state index in [-0.39, 0.29) is 6.61 Å². The third-order valence-corrected chi connectivity index (χ3v) is 3.01. The van der Waals surface area contributed by atoms with Crippen LogP contribution in [0.2, 0.25) is 5.02 Å². The molecule has 20 heavy (non-hydrogen) atoms. The Morgan fingerprint density at radius 3 is 2.85 bits per heavy atom. The molecule has 2 rings (SSSR count). The first kappa shape index (κ1) is 14.9. The molecule has 0 saturated carbocycles. The molecule has 110 valence electrons. The molecule has 1 aromatic carbocycles. The van der Waals surface area contributed by atoms with Crippen LogP contribution in [0.5, 0.6) is 5.75 Å². The number of benzene rings is 1. The molecule has 1 amide bonds. The number of amides is 1. The highest BCUT2D eigenvalue weighted by Gasteiger charge is 2.32. The number of hydrogen-bond donors (Lipinski definition) is 2. The highest BCUT2D eigenvalue weighted by Crippen LogP contribution is 2.34. The SMILES string of the molecule is CC(C)(C)OC(=O)N[C@H]1c2ccc(Cl)cc2OC[C@H]1O. The van der Waals surface area contributed by atoms with E-state index in [1.807, 2.05) is 0 Å². The van der Waals surface area contributed by atoms with Crippen LogP contribution < -0.4 is 10.1 Å². The van der Waals surface area contributed by atoms with E-state index >= 15 is 0 Å². The van der Waals surface area contributed by atoms with E-state index in [2.05, 4.69) is 5.32 Å². The molecule has 0 bridgehead atoms. The highest BCUT2D eigenvalue weighted by atomic mass is 35.5. The predicted octanol–water partition coefficient (Wildman–Crippen LogP) is 2.66. The molecular weight excluding hydrogens is 282 g/mol. The summed E-state index contributed by atoms with van der Waals surface area (Å²) < 4.78 is 10.6. The van der Waals surface area contributed by atoms with Gasteiger partial charge in [0.05, 0.1) is 6.04 Å². The zero-order chi connectivity index (χ0) is 14.9. The van der Waals surface area contributed by atoms with Gasteiger partial charge in [-0.1, -0.05) is 17.7 Å². The molecule has 0 aromatic heterocycles. The Morgan fingerprint density at radius 2 is 2.20 bits per heavy atom. The molecule has 1 aliphatic rings. The number of carbonyl (C=O) groups is 1. The van der Waals surface area contributed by atoms with Gasteiger partial charge in [-0.2, -0.15) is 0 Å². The molecule has 0 spiro atoms. The highest BCUT2D eigenvalue weighted by molar-refractivity contribution is 6.30. The summed E-state index contributed by atoms with van der Waals surface area (Å²) in [6.07, 6.45) is -1.42. The minimum atomic E-state index is -0.837. The van der Waals surface area contributed by atoms with Gasteiger partial charge in [0.1, 0.15) is 24.1 Å². The van der Waals surface area contributed by atoms with Crippen molar-refractivity contribution in [3.63, 3.8) is 0 Å². The van der Waals surface area contributed by atoms with Gasteiger partial charge in [-0.05, 0) is 32.9 Å². The Morgan fingerprint density at radius 1 is 1.50 bits per heavy atom. The normalized spacial score (nSPS) is 21.6. The number of rotatable bonds is 1. The molecule has 0 radical (unpaired) electrons. The second kappa shape index (κ2) is 5.50. The Kier molecular flexibility index (Phi) is 4.11. The fourth-order valence-electron chi connectivity index (χ4n) is 1.98. The van der Waals surface area contributed by atoms with Gasteiger partial charge in [0, 0.05) is 10.6 Å². The van der Waals surface area contributed by atoms with Gasteiger partial charge in [0.15, 0.2) is 0 Å². The molecule has 5 nitrogen and oxygen atoms in total. The van der Waals surface area contributed by atoms with E-state index in [9.17, 15) is 9.90 Å². The van der Waals surface area contributed by atoms with E-state index < -0.39 is 23.8 Å². The van der Waals surface area contributed by atoms with Crippen LogP contribution in [0, 0.1) is 0 Å². The summed E-state index contributed by atoms with van der Waals surface area (Å²) in [5.74, 6) is 0.559. The summed E-state index contributed by atoms with van der Waals surface area (Å²) in [6.45, 7) is 5.43. The summed E-state index contributed by atoms with van der Waals surface area (Å²) >= 11 is 5.90. The third kappa shape index (κ3) is 3.55. The average Bonchev–Trinajstić information content (AvgIpc) is 2.30. The van der Waals surface area contributed by atoms with E-state index in [0.29, 0.717) is 16.3 Å². The Balaban J connectivity index is 2.17. The van der Waals surface area contributed by atoms with Crippen molar-refractivity contribution in [2.45, 2.75) is 38.5 Å². The molecule has 1 aliphatic heterocycles. The third-order valence-electron chi connectivity index (χ3n) is 2.78. The largest absolute Gasteiger partial charge is 0.490 e. The van der Waals surface area contributed by atoms with Crippen LogP contribution >= 0.6 is 11.6 Å². The number of carbonyl (C=O) groups excluding carboxylic acids is 1. The maximum Gasteiger partial charge on any atom is 0.408 e. The molecule has 0 unspecified atom stereocenters. The minimum absolute atomic E-state index is 0.0911. The number of fused-ring (bicyclic) bond motifs is 1. The van der Waals surface area contributed by atoms with Crippen molar-refractivity contribution in [1.29, 1.82) is 0 Å². The number of aliphatic hydroxyl groups is 1. The molecule has 1 aromatic rings. The van der Waals surface area contributed by atoms with Crippen molar-refractivity contribution in [3.8, 4) is 5.75 Å². The first-order valence-corrected chi connectivity index (χ1v) is 6.74. The monoisotopic (exact) mass is 299 g/mol. The van der Waals surface area contributed by atoms with Crippen LogP contribution in [-0.2, 0) is 4.74 Å². The van der Waals surface area contributed by atoms with Gasteiger partial charge in [0.25, 0.3) is 0 Å². The van der Waals surface area contributed by atoms with Crippen molar-refractivity contribution >= 4 is 17.7 Å². The van der Waals surface area contributed by atoms with Crippen LogP contribution in [-0.4, -0.2) is 29.5 Å². The summed E-state index contributed by atoms with van der Waals surface area (Å²) in [6, 6.07) is 4.49. The number of aliphatic hydroxyl groups excluding tert-OH is 1. The Hall–Kier alpha value is -1.46. The minimum Gasteiger partial charge on any atom is -0.490 e. The Labute approximate surface area is 122 Å². The van der Waals surface area contributed by atoms with Gasteiger partial charge < -0.3 is 19.9 Å². The first-order chi connectivity index (χ1) is 9.26. The van der Waals surface area contributed by atoms with E-state index in [1.165, 1.54) is 0 Å². The van der Waals surface area contributed by atoms with Gasteiger partial charge in [-0.25, -0.2) is 4.79 Å². The van der Waals surface area contributed by atoms with Crippen LogP contribution in [0.15, 0.2) is 18.2 Å². The molecular formula is C14H18ClNO4. The molecule has 0 fully saturated rings. The van der Waals surface area contributed by atoms with Gasteiger partial charge in [0.2, 0.25) is 0 Å². The van der Waals surface area contributed by atoms with Crippen molar-refractivity contribution in [1.82, 2.24) is 5.32 Å². The number of ether oxygens (including phenoxy) is 2. The van der Waals surface area contributed by atoms with Crippen LogP contribution in [0.3, 0.4) is 0 Å². The summed E-state index contributed by atoms with van der Waals surface area (Å²) in [5.41, 5.74) is 0.0854. The van der Waals surface area contributed by atoms with Crippen molar-refractivity contribution in [2.75, 3.05) is 6.61 Å². The molecule has 6 heteroatoms. The molecule has 2 atom stereocenters. The lowest BCUT2D eigenvalue weighted by atomic mass is 9.98. The van der Waals surface area contributed by atoms with E-state index in [0.717, 1.165) is 0 Å². The quantitative estimate of drug-likeness (QED) is 0.836. The van der Waals surface area contributed by atoms with Crippen LogP contribution in [0.25, 0.3) is 0 Å². The van der Waals surface area contributed by atoms with Crippen LogP contribution in [0.1, 0.15) is 32.4 Å². The molecule has 1 heterocycles. The van der Waals surface area contributed by atoms with Crippen molar-refractivity contribution in [3.05, 3.63) is 28.8 Å². The lowest BCUT2D eigenvalue weighted by Crippen LogP contribution is -2.43. The number of nitrogens with one attached hydrogen (secondary N) is 1. The smallest absolute Gasteiger partial charge is 0.408 e. The fourth-order valence-corrected chi connectivity index (χ4v) is 2.14. The topological polar surface area (TPSA) is 67.8 Å². The second-order valence-electron chi connectivity index (χ2n) is 5.68. The standard InChI is InChI=1S/C14H18ClNO4/c1-14(2,3)20-13(18)16-12-9-5-4-8(15)6-11(9)19-7-10(12)17/h4-6,10,12,17H,7H2,1-3H3,(H,16,18)/t10-,12+/m1/s1. The van der Waals surface area contributed by atoms with E-state index in [1.54, 1.807) is 39.0 Å². The maximum absolute atomic E-state index is 11.8. The first-order valence-electron chi connectivity index (χ1n) is 6.36. The summed E-state index contributed by atoms with van der Waals surface area (Å²) in [4.78, 5) is 11.8. The van der Waals surface area contributed by atoms with Crippen LogP contribution in [0.4, 0.5) is 4.79 Å². The van der Waals surface area contributed by atoms with Crippen molar-refractivity contribution in [2.24, 2.45) is 0 Å². The number of halogens is 1. The average molecular weight is 300 g/mol. The number of alkyl carbamates (subject to hydrolysis) is 1. The zero-order valence-corrected chi connectivity index (χ0v) is 12.4. The lowest BCUT2D eigenvalue weighted by Gasteiger charge is -2.31. The Bertz CT molecular complexity index is 512. The van der Waals surface area contributed by atoms with Crippen molar-refractivity contribution < 1.29 is 19.4 Å². The lowest BCUT2D eigenvalue weighted by molar-refractivity contribution is 0.0276. The number of hydrogen-bond acceptors (Lipinski definition) is 4. The van der Waals surface area contributed by atoms with Gasteiger partial charge in [-0.15, -0.1) is 0 Å². The second-order valence-corrected chi connectivity index (χ2v) is 6.12. The van der Waals surface area contributed by atoms with E-state index in [4.69, 9.17) is 21.1 Å². The predicted molar refractivity (Wildman–Crippen MR) is 75.1 cm³/mol. The maximum atomic E-state index is 11.8. The molecule has 0 saturated heterocycles. The molecule has 2 N–H and O–H groups in total.